The lowest BCUT2D eigenvalue weighted by molar-refractivity contribution is -0.124. The largest absolute Gasteiger partial charge is 0.323 e. The van der Waals surface area contributed by atoms with E-state index in [-0.39, 0.29) is 17.2 Å². The molecule has 18 heavy (non-hydrogen) atoms. The standard InChI is InChI=1S/C14H23N3O/c1-9-12(10(2)17-16-9)15-13(18)11-7-5-6-8-14(11,3)4/h11H,5-8H2,1-4H3,(H,15,18)(H,16,17). The summed E-state index contributed by atoms with van der Waals surface area (Å²) in [4.78, 5) is 12.4. The molecule has 0 aliphatic heterocycles. The molecule has 1 atom stereocenters. The maximum atomic E-state index is 12.4. The Kier molecular flexibility index (Phi) is 3.46. The smallest absolute Gasteiger partial charge is 0.228 e. The number of anilines is 1. The van der Waals surface area contributed by atoms with Crippen LogP contribution in [0, 0.1) is 25.2 Å². The van der Waals surface area contributed by atoms with Crippen LogP contribution in [-0.2, 0) is 4.79 Å². The lowest BCUT2D eigenvalue weighted by Crippen LogP contribution is -2.37. The number of aryl methyl sites for hydroxylation is 2. The molecule has 2 N–H and O–H groups in total. The SMILES string of the molecule is Cc1n[nH]c(C)c1NC(=O)C1CCCCC1(C)C. The number of H-pyrrole nitrogens is 1. The van der Waals surface area contributed by atoms with E-state index in [0.29, 0.717) is 0 Å². The predicted molar refractivity (Wildman–Crippen MR) is 72.4 cm³/mol. The Labute approximate surface area is 109 Å². The van der Waals surface area contributed by atoms with Crippen molar-refractivity contribution in [1.29, 1.82) is 0 Å². The lowest BCUT2D eigenvalue weighted by Gasteiger charge is -2.37. The third-order valence-corrected chi connectivity index (χ3v) is 4.20. The normalized spacial score (nSPS) is 22.8. The number of rotatable bonds is 2. The molecular formula is C14H23N3O. The minimum absolute atomic E-state index is 0.105. The van der Waals surface area contributed by atoms with E-state index in [2.05, 4.69) is 29.4 Å². The van der Waals surface area contributed by atoms with Crippen LogP contribution < -0.4 is 5.32 Å². The van der Waals surface area contributed by atoms with Gasteiger partial charge in [0.2, 0.25) is 5.91 Å². The van der Waals surface area contributed by atoms with Gasteiger partial charge in [-0.05, 0) is 32.1 Å². The molecule has 2 rings (SSSR count). The minimum atomic E-state index is 0.105. The van der Waals surface area contributed by atoms with Gasteiger partial charge in [-0.25, -0.2) is 0 Å². The Morgan fingerprint density at radius 1 is 1.39 bits per heavy atom. The Bertz CT molecular complexity index is 428. The molecule has 0 saturated heterocycles. The average Bonchev–Trinajstić information content (AvgIpc) is 2.60. The molecule has 1 aromatic heterocycles. The van der Waals surface area contributed by atoms with Gasteiger partial charge in [-0.2, -0.15) is 5.10 Å². The number of carbonyl (C=O) groups excluding carboxylic acids is 1. The van der Waals surface area contributed by atoms with Crippen molar-refractivity contribution in [3.8, 4) is 0 Å². The molecule has 1 unspecified atom stereocenters. The molecule has 4 heteroatoms. The molecule has 1 aliphatic carbocycles. The van der Waals surface area contributed by atoms with Crippen molar-refractivity contribution in [3.05, 3.63) is 11.4 Å². The van der Waals surface area contributed by atoms with Gasteiger partial charge in [0.25, 0.3) is 0 Å². The number of hydrogen-bond acceptors (Lipinski definition) is 2. The molecule has 1 aromatic rings. The second-order valence-electron chi connectivity index (χ2n) is 6.09. The van der Waals surface area contributed by atoms with E-state index in [4.69, 9.17) is 0 Å². The maximum Gasteiger partial charge on any atom is 0.228 e. The van der Waals surface area contributed by atoms with Gasteiger partial charge >= 0.3 is 0 Å². The monoisotopic (exact) mass is 249 g/mol. The molecule has 100 valence electrons. The topological polar surface area (TPSA) is 57.8 Å². The lowest BCUT2D eigenvalue weighted by atomic mass is 9.68. The van der Waals surface area contributed by atoms with E-state index in [9.17, 15) is 4.79 Å². The number of carbonyl (C=O) groups is 1. The minimum Gasteiger partial charge on any atom is -0.323 e. The highest BCUT2D eigenvalue weighted by Crippen LogP contribution is 2.41. The summed E-state index contributed by atoms with van der Waals surface area (Å²) in [5, 5.41) is 10.1. The summed E-state index contributed by atoms with van der Waals surface area (Å²) in [6.45, 7) is 8.24. The molecule has 1 aliphatic rings. The fourth-order valence-corrected chi connectivity index (χ4v) is 2.93. The molecule has 0 aromatic carbocycles. The third kappa shape index (κ3) is 2.42. The van der Waals surface area contributed by atoms with E-state index < -0.39 is 0 Å². The number of aromatic amines is 1. The summed E-state index contributed by atoms with van der Waals surface area (Å²) in [5.74, 6) is 0.257. The molecule has 1 saturated carbocycles. The molecule has 1 amide bonds. The number of aromatic nitrogens is 2. The third-order valence-electron chi connectivity index (χ3n) is 4.20. The van der Waals surface area contributed by atoms with Crippen molar-refractivity contribution in [2.75, 3.05) is 5.32 Å². The van der Waals surface area contributed by atoms with Gasteiger partial charge in [0.05, 0.1) is 17.1 Å². The van der Waals surface area contributed by atoms with Gasteiger partial charge in [0.1, 0.15) is 0 Å². The van der Waals surface area contributed by atoms with Gasteiger partial charge in [-0.3, -0.25) is 9.89 Å². The maximum absolute atomic E-state index is 12.4. The van der Waals surface area contributed by atoms with Crippen LogP contribution in [-0.4, -0.2) is 16.1 Å². The molecule has 1 heterocycles. The summed E-state index contributed by atoms with van der Waals surface area (Å²) in [5.41, 5.74) is 2.73. The van der Waals surface area contributed by atoms with Crippen LogP contribution in [0.5, 0.6) is 0 Å². The van der Waals surface area contributed by atoms with E-state index in [1.165, 1.54) is 6.42 Å². The zero-order valence-corrected chi connectivity index (χ0v) is 11.8. The van der Waals surface area contributed by atoms with Gasteiger partial charge < -0.3 is 5.32 Å². The predicted octanol–water partition coefficient (Wildman–Crippen LogP) is 3.18. The Hall–Kier alpha value is -1.32. The summed E-state index contributed by atoms with van der Waals surface area (Å²) in [6, 6.07) is 0. The van der Waals surface area contributed by atoms with Crippen LogP contribution in [0.25, 0.3) is 0 Å². The zero-order valence-electron chi connectivity index (χ0n) is 11.8. The second kappa shape index (κ2) is 4.75. The highest BCUT2D eigenvalue weighted by atomic mass is 16.1. The van der Waals surface area contributed by atoms with Crippen molar-refractivity contribution < 1.29 is 4.79 Å². The quantitative estimate of drug-likeness (QED) is 0.845. The van der Waals surface area contributed by atoms with Crippen LogP contribution in [0.3, 0.4) is 0 Å². The molecular weight excluding hydrogens is 226 g/mol. The summed E-state index contributed by atoms with van der Waals surface area (Å²) < 4.78 is 0. The molecule has 0 spiro atoms. The van der Waals surface area contributed by atoms with Crippen LogP contribution in [0.15, 0.2) is 0 Å². The number of hydrogen-bond donors (Lipinski definition) is 2. The first-order valence-electron chi connectivity index (χ1n) is 6.74. The van der Waals surface area contributed by atoms with Gasteiger partial charge in [-0.15, -0.1) is 0 Å². The average molecular weight is 249 g/mol. The second-order valence-corrected chi connectivity index (χ2v) is 6.09. The van der Waals surface area contributed by atoms with Crippen LogP contribution in [0.1, 0.15) is 50.9 Å². The summed E-state index contributed by atoms with van der Waals surface area (Å²) in [6.07, 6.45) is 4.52. The first-order valence-corrected chi connectivity index (χ1v) is 6.74. The van der Waals surface area contributed by atoms with Gasteiger partial charge in [-0.1, -0.05) is 26.7 Å². The van der Waals surface area contributed by atoms with Crippen LogP contribution in [0.4, 0.5) is 5.69 Å². The Morgan fingerprint density at radius 3 is 2.67 bits per heavy atom. The van der Waals surface area contributed by atoms with Crippen molar-refractivity contribution in [2.45, 2.75) is 53.4 Å². The van der Waals surface area contributed by atoms with Crippen LogP contribution in [0.2, 0.25) is 0 Å². The van der Waals surface area contributed by atoms with Crippen molar-refractivity contribution >= 4 is 11.6 Å². The van der Waals surface area contributed by atoms with Gasteiger partial charge in [0.15, 0.2) is 0 Å². The summed E-state index contributed by atoms with van der Waals surface area (Å²) >= 11 is 0. The highest BCUT2D eigenvalue weighted by Gasteiger charge is 2.37. The van der Waals surface area contributed by atoms with E-state index in [1.807, 2.05) is 13.8 Å². The van der Waals surface area contributed by atoms with Gasteiger partial charge in [0, 0.05) is 5.92 Å². The van der Waals surface area contributed by atoms with Crippen molar-refractivity contribution in [1.82, 2.24) is 10.2 Å². The van der Waals surface area contributed by atoms with E-state index in [1.54, 1.807) is 0 Å². The van der Waals surface area contributed by atoms with Crippen LogP contribution >= 0.6 is 0 Å². The Balaban J connectivity index is 2.12. The number of nitrogens with zero attached hydrogens (tertiary/aromatic N) is 1. The van der Waals surface area contributed by atoms with Crippen molar-refractivity contribution in [3.63, 3.8) is 0 Å². The first-order chi connectivity index (χ1) is 8.42. The molecule has 0 bridgehead atoms. The van der Waals surface area contributed by atoms with Crippen molar-refractivity contribution in [2.24, 2.45) is 11.3 Å². The highest BCUT2D eigenvalue weighted by molar-refractivity contribution is 5.94. The molecule has 4 nitrogen and oxygen atoms in total. The first kappa shape index (κ1) is 13.1. The summed E-state index contributed by atoms with van der Waals surface area (Å²) in [7, 11) is 0. The zero-order chi connectivity index (χ0) is 13.3. The number of amides is 1. The number of nitrogens with one attached hydrogen (secondary N) is 2. The van der Waals surface area contributed by atoms with E-state index in [0.717, 1.165) is 36.3 Å². The molecule has 0 radical (unpaired) electrons. The fourth-order valence-electron chi connectivity index (χ4n) is 2.93. The molecule has 1 fully saturated rings. The van der Waals surface area contributed by atoms with E-state index >= 15 is 0 Å². The fraction of sp³-hybridized carbons (Fsp3) is 0.714. The Morgan fingerprint density at radius 2 is 2.11 bits per heavy atom.